The van der Waals surface area contributed by atoms with E-state index in [2.05, 4.69) is 46.4 Å². The van der Waals surface area contributed by atoms with Crippen molar-refractivity contribution in [3.8, 4) is 0 Å². The summed E-state index contributed by atoms with van der Waals surface area (Å²) in [5.74, 6) is 0.889. The van der Waals surface area contributed by atoms with Gasteiger partial charge in [-0.3, -0.25) is 4.99 Å². The second-order valence-corrected chi connectivity index (χ2v) is 6.94. The Morgan fingerprint density at radius 2 is 2.24 bits per heavy atom. The summed E-state index contributed by atoms with van der Waals surface area (Å²) in [5.41, 5.74) is 1.15. The smallest absolute Gasteiger partial charge is 0.191 e. The molecule has 1 aromatic heterocycles. The third-order valence-corrected chi connectivity index (χ3v) is 5.24. The molecular weight excluding hydrogens is 282 g/mol. The van der Waals surface area contributed by atoms with Crippen LogP contribution in [0.3, 0.4) is 0 Å². The van der Waals surface area contributed by atoms with Gasteiger partial charge in [0.1, 0.15) is 0 Å². The van der Waals surface area contributed by atoms with Crippen molar-refractivity contribution in [3.05, 3.63) is 15.6 Å². The van der Waals surface area contributed by atoms with Gasteiger partial charge in [0.2, 0.25) is 0 Å². The highest BCUT2D eigenvalue weighted by atomic mass is 32.1. The summed E-state index contributed by atoms with van der Waals surface area (Å²) in [6, 6.07) is 0.632. The summed E-state index contributed by atoms with van der Waals surface area (Å²) < 4.78 is 0. The van der Waals surface area contributed by atoms with E-state index in [0.29, 0.717) is 6.04 Å². The highest BCUT2D eigenvalue weighted by Crippen LogP contribution is 2.16. The molecule has 1 unspecified atom stereocenters. The van der Waals surface area contributed by atoms with Gasteiger partial charge in [-0.05, 0) is 40.3 Å². The van der Waals surface area contributed by atoms with Gasteiger partial charge in [-0.2, -0.15) is 0 Å². The SMILES string of the molecule is CN=C(NCCc1nc(C)c(C)s1)NCC1CCCN1C. The van der Waals surface area contributed by atoms with Crippen LogP contribution in [-0.2, 0) is 6.42 Å². The number of nitrogens with zero attached hydrogens (tertiary/aromatic N) is 3. The van der Waals surface area contributed by atoms with Crippen LogP contribution in [0.4, 0.5) is 0 Å². The largest absolute Gasteiger partial charge is 0.356 e. The molecule has 2 N–H and O–H groups in total. The predicted octanol–water partition coefficient (Wildman–Crippen LogP) is 1.56. The fourth-order valence-electron chi connectivity index (χ4n) is 2.61. The Balaban J connectivity index is 1.70. The molecule has 0 saturated carbocycles. The van der Waals surface area contributed by atoms with Crippen molar-refractivity contribution in [3.63, 3.8) is 0 Å². The molecule has 1 aliphatic rings. The summed E-state index contributed by atoms with van der Waals surface area (Å²) in [4.78, 5) is 12.6. The first kappa shape index (κ1) is 16.2. The van der Waals surface area contributed by atoms with Crippen LogP contribution in [0.1, 0.15) is 28.4 Å². The van der Waals surface area contributed by atoms with Crippen LogP contribution >= 0.6 is 11.3 Å². The molecular formula is C15H27N5S. The van der Waals surface area contributed by atoms with Gasteiger partial charge >= 0.3 is 0 Å². The Bertz CT molecular complexity index is 463. The maximum Gasteiger partial charge on any atom is 0.191 e. The summed E-state index contributed by atoms with van der Waals surface area (Å²) in [6.45, 7) is 7.24. The summed E-state index contributed by atoms with van der Waals surface area (Å²) >= 11 is 1.79. The second-order valence-electron chi connectivity index (χ2n) is 5.66. The van der Waals surface area contributed by atoms with Gasteiger partial charge in [-0.15, -0.1) is 11.3 Å². The van der Waals surface area contributed by atoms with Gasteiger partial charge in [-0.1, -0.05) is 0 Å². The predicted molar refractivity (Wildman–Crippen MR) is 90.3 cm³/mol. The van der Waals surface area contributed by atoms with Crippen LogP contribution < -0.4 is 10.6 Å². The van der Waals surface area contributed by atoms with Crippen LogP contribution in [-0.4, -0.2) is 55.6 Å². The maximum atomic E-state index is 4.56. The lowest BCUT2D eigenvalue weighted by atomic mass is 10.2. The fourth-order valence-corrected chi connectivity index (χ4v) is 3.54. The minimum atomic E-state index is 0.632. The van der Waals surface area contributed by atoms with E-state index in [1.165, 1.54) is 29.3 Å². The molecule has 2 heterocycles. The molecule has 1 aliphatic heterocycles. The topological polar surface area (TPSA) is 52.6 Å². The molecule has 21 heavy (non-hydrogen) atoms. The highest BCUT2D eigenvalue weighted by molar-refractivity contribution is 7.11. The monoisotopic (exact) mass is 309 g/mol. The molecule has 0 aliphatic carbocycles. The van der Waals surface area contributed by atoms with E-state index in [0.717, 1.165) is 31.2 Å². The molecule has 1 saturated heterocycles. The van der Waals surface area contributed by atoms with E-state index in [1.807, 2.05) is 7.05 Å². The molecule has 1 aromatic rings. The van der Waals surface area contributed by atoms with Crippen molar-refractivity contribution in [1.82, 2.24) is 20.5 Å². The number of rotatable bonds is 5. The number of aliphatic imine (C=N–C) groups is 1. The molecule has 118 valence electrons. The summed E-state index contributed by atoms with van der Waals surface area (Å²) in [6.07, 6.45) is 3.53. The number of likely N-dealkylation sites (tertiary alicyclic amines) is 1. The number of aromatic nitrogens is 1. The number of nitrogens with one attached hydrogen (secondary N) is 2. The molecule has 1 atom stereocenters. The summed E-state index contributed by atoms with van der Waals surface area (Å²) in [7, 11) is 4.02. The van der Waals surface area contributed by atoms with Crippen molar-refractivity contribution in [2.24, 2.45) is 4.99 Å². The van der Waals surface area contributed by atoms with Gasteiger partial charge < -0.3 is 15.5 Å². The number of thiazole rings is 1. The number of hydrogen-bond acceptors (Lipinski definition) is 4. The minimum Gasteiger partial charge on any atom is -0.356 e. The average Bonchev–Trinajstić information content (AvgIpc) is 3.00. The first-order valence-corrected chi connectivity index (χ1v) is 8.49. The lowest BCUT2D eigenvalue weighted by molar-refractivity contribution is 0.309. The zero-order valence-electron chi connectivity index (χ0n) is 13.6. The van der Waals surface area contributed by atoms with Crippen LogP contribution in [0.5, 0.6) is 0 Å². The molecule has 0 bridgehead atoms. The highest BCUT2D eigenvalue weighted by Gasteiger charge is 2.20. The number of guanidine groups is 1. The molecule has 0 spiro atoms. The van der Waals surface area contributed by atoms with Gasteiger partial charge in [-0.25, -0.2) is 4.98 Å². The first-order valence-electron chi connectivity index (χ1n) is 7.68. The molecule has 1 fully saturated rings. The maximum absolute atomic E-state index is 4.56. The van der Waals surface area contributed by atoms with Gasteiger partial charge in [0.25, 0.3) is 0 Å². The second kappa shape index (κ2) is 7.75. The number of likely N-dealkylation sites (N-methyl/N-ethyl adjacent to an activating group) is 1. The third kappa shape index (κ3) is 4.68. The van der Waals surface area contributed by atoms with Crippen LogP contribution in [0, 0.1) is 13.8 Å². The van der Waals surface area contributed by atoms with E-state index >= 15 is 0 Å². The molecule has 6 heteroatoms. The van der Waals surface area contributed by atoms with Crippen molar-refractivity contribution in [2.75, 3.05) is 33.7 Å². The normalized spacial score (nSPS) is 20.0. The Morgan fingerprint density at radius 3 is 2.81 bits per heavy atom. The lowest BCUT2D eigenvalue weighted by Crippen LogP contribution is -2.44. The molecule has 5 nitrogen and oxygen atoms in total. The fraction of sp³-hybridized carbons (Fsp3) is 0.733. The van der Waals surface area contributed by atoms with Gasteiger partial charge in [0.05, 0.1) is 10.7 Å². The Hall–Kier alpha value is -1.14. The average molecular weight is 309 g/mol. The summed E-state index contributed by atoms with van der Waals surface area (Å²) in [5, 5.41) is 7.99. The zero-order valence-corrected chi connectivity index (χ0v) is 14.4. The van der Waals surface area contributed by atoms with E-state index in [-0.39, 0.29) is 0 Å². The third-order valence-electron chi connectivity index (χ3n) is 4.10. The Labute approximate surface area is 131 Å². The molecule has 2 rings (SSSR count). The van der Waals surface area contributed by atoms with E-state index in [9.17, 15) is 0 Å². The Kier molecular flexibility index (Phi) is 5.99. The molecule has 0 amide bonds. The lowest BCUT2D eigenvalue weighted by Gasteiger charge is -2.21. The van der Waals surface area contributed by atoms with Crippen molar-refractivity contribution >= 4 is 17.3 Å². The van der Waals surface area contributed by atoms with Gasteiger partial charge in [0, 0.05) is 37.5 Å². The standard InChI is InChI=1S/C15H27N5S/c1-11-12(2)21-14(19-11)7-8-17-15(16-3)18-10-13-6-5-9-20(13)4/h13H,5-10H2,1-4H3,(H2,16,17,18). The number of hydrogen-bond donors (Lipinski definition) is 2. The van der Waals surface area contributed by atoms with Crippen molar-refractivity contribution < 1.29 is 0 Å². The van der Waals surface area contributed by atoms with E-state index in [4.69, 9.17) is 0 Å². The molecule has 0 radical (unpaired) electrons. The zero-order chi connectivity index (χ0) is 15.2. The van der Waals surface area contributed by atoms with Crippen molar-refractivity contribution in [2.45, 2.75) is 39.2 Å². The van der Waals surface area contributed by atoms with Crippen LogP contribution in [0.2, 0.25) is 0 Å². The Morgan fingerprint density at radius 1 is 1.43 bits per heavy atom. The van der Waals surface area contributed by atoms with E-state index < -0.39 is 0 Å². The number of aryl methyl sites for hydroxylation is 2. The van der Waals surface area contributed by atoms with E-state index in [1.54, 1.807) is 11.3 Å². The first-order chi connectivity index (χ1) is 10.1. The van der Waals surface area contributed by atoms with Crippen LogP contribution in [0.25, 0.3) is 0 Å². The quantitative estimate of drug-likeness (QED) is 0.640. The van der Waals surface area contributed by atoms with Crippen molar-refractivity contribution in [1.29, 1.82) is 0 Å². The van der Waals surface area contributed by atoms with Gasteiger partial charge in [0.15, 0.2) is 5.96 Å². The van der Waals surface area contributed by atoms with Crippen LogP contribution in [0.15, 0.2) is 4.99 Å². The minimum absolute atomic E-state index is 0.632. The molecule has 0 aromatic carbocycles.